The van der Waals surface area contributed by atoms with Crippen LogP contribution in [0.15, 0.2) is 24.3 Å². The third-order valence-corrected chi connectivity index (χ3v) is 2.36. The molecule has 1 atom stereocenters. The summed E-state index contributed by atoms with van der Waals surface area (Å²) in [5.41, 5.74) is 2.05. The first-order chi connectivity index (χ1) is 6.29. The van der Waals surface area contributed by atoms with E-state index < -0.39 is 12.0 Å². The Morgan fingerprint density at radius 1 is 1.43 bits per heavy atom. The number of fused-ring (bicyclic) bond motifs is 1. The van der Waals surface area contributed by atoms with Crippen molar-refractivity contribution in [2.24, 2.45) is 0 Å². The summed E-state index contributed by atoms with van der Waals surface area (Å²) < 4.78 is 0. The van der Waals surface area contributed by atoms with Gasteiger partial charge in [-0.05, 0) is 17.5 Å². The topological polar surface area (TPSA) is 49.3 Å². The molecule has 4 heteroatoms. The molecule has 2 N–H and O–H groups in total. The molecule has 1 unspecified atom stereocenters. The van der Waals surface area contributed by atoms with Crippen LogP contribution in [0.5, 0.6) is 0 Å². The molecule has 1 heterocycles. The van der Waals surface area contributed by atoms with Gasteiger partial charge in [0.05, 0.1) is 0 Å². The quantitative estimate of drug-likeness (QED) is 0.736. The second kappa shape index (κ2) is 5.12. The first kappa shape index (κ1) is 12.0. The fourth-order valence-corrected chi connectivity index (χ4v) is 1.72. The van der Waals surface area contributed by atoms with Crippen molar-refractivity contribution in [3.63, 3.8) is 0 Å². The molecule has 2 rings (SSSR count). The molecule has 0 radical (unpaired) electrons. The summed E-state index contributed by atoms with van der Waals surface area (Å²) in [7, 11) is 0. The van der Waals surface area contributed by atoms with Gasteiger partial charge in [-0.1, -0.05) is 24.3 Å². The second-order valence-corrected chi connectivity index (χ2v) is 3.17. The van der Waals surface area contributed by atoms with Crippen LogP contribution in [0.4, 0.5) is 0 Å². The predicted molar refractivity (Wildman–Crippen MR) is 48.5 cm³/mol. The Morgan fingerprint density at radius 2 is 2.14 bits per heavy atom. The van der Waals surface area contributed by atoms with Crippen molar-refractivity contribution in [1.82, 2.24) is 5.32 Å². The summed E-state index contributed by atoms with van der Waals surface area (Å²) in [5.74, 6) is -0.799. The molecule has 0 amide bonds. The number of aliphatic carboxylic acids is 1. The Balaban J connectivity index is 0.000000980. The molecule has 14 heavy (non-hydrogen) atoms. The van der Waals surface area contributed by atoms with E-state index in [-0.39, 0.29) is 37.7 Å². The molecule has 1 aromatic rings. The standard InChI is InChI=1S/C10H11NO2.Ar/c12-10(13)9-8-4-2-1-3-7(8)5-6-11-9;/h1-4,9,11H,5-6H2,(H,12,13);. The summed E-state index contributed by atoms with van der Waals surface area (Å²) in [5, 5.41) is 11.9. The van der Waals surface area contributed by atoms with Crippen molar-refractivity contribution in [2.45, 2.75) is 12.5 Å². The van der Waals surface area contributed by atoms with E-state index in [1.807, 2.05) is 24.3 Å². The van der Waals surface area contributed by atoms with Crippen LogP contribution in [0.3, 0.4) is 0 Å². The van der Waals surface area contributed by atoms with Gasteiger partial charge in [-0.25, -0.2) is 0 Å². The average molecular weight is 217 g/mol. The number of hydrogen-bond acceptors (Lipinski definition) is 2. The van der Waals surface area contributed by atoms with E-state index in [1.165, 1.54) is 0 Å². The number of carboxylic acids is 1. The van der Waals surface area contributed by atoms with Crippen molar-refractivity contribution in [3.8, 4) is 0 Å². The minimum Gasteiger partial charge on any atom is -0.480 e. The molecule has 3 nitrogen and oxygen atoms in total. The molecule has 0 saturated heterocycles. The van der Waals surface area contributed by atoms with Gasteiger partial charge in [-0.3, -0.25) is 4.79 Å². The molecule has 0 fully saturated rings. The molecule has 1 aliphatic heterocycles. The number of nitrogens with one attached hydrogen (secondary N) is 1. The smallest absolute Gasteiger partial charge is 0.325 e. The van der Waals surface area contributed by atoms with Crippen LogP contribution in [-0.2, 0) is 11.2 Å². The third-order valence-electron chi connectivity index (χ3n) is 2.36. The van der Waals surface area contributed by atoms with Crippen LogP contribution in [0.2, 0.25) is 0 Å². The maximum Gasteiger partial charge on any atom is 0.325 e. The third kappa shape index (κ3) is 2.28. The van der Waals surface area contributed by atoms with Crippen LogP contribution < -0.4 is 5.32 Å². The Kier molecular flexibility index (Phi) is 4.38. The SMILES string of the molecule is O=C(O)C1NCCc2ccccc21.[Ar]. The molecule has 0 aliphatic carbocycles. The molecule has 1 aromatic carbocycles. The summed E-state index contributed by atoms with van der Waals surface area (Å²) in [4.78, 5) is 10.9. The number of rotatable bonds is 1. The Labute approximate surface area is 113 Å². The van der Waals surface area contributed by atoms with E-state index in [0.29, 0.717) is 0 Å². The number of benzene rings is 1. The Morgan fingerprint density at radius 3 is 2.86 bits per heavy atom. The Bertz CT molecular complexity index is 341. The second-order valence-electron chi connectivity index (χ2n) is 3.17. The maximum absolute atomic E-state index is 10.9. The van der Waals surface area contributed by atoms with Gasteiger partial charge in [-0.15, -0.1) is 0 Å². The van der Waals surface area contributed by atoms with Crippen molar-refractivity contribution in [1.29, 1.82) is 0 Å². The molecule has 76 valence electrons. The zero-order chi connectivity index (χ0) is 9.26. The first-order valence-electron chi connectivity index (χ1n) is 4.33. The Hall–Kier alpha value is -0.0903. The van der Waals surface area contributed by atoms with Gasteiger partial charge in [0, 0.05) is 44.3 Å². The normalized spacial score (nSPS) is 19.3. The molecule has 0 aromatic heterocycles. The van der Waals surface area contributed by atoms with Crippen LogP contribution in [-0.4, -0.2) is 17.6 Å². The van der Waals surface area contributed by atoms with Crippen LogP contribution in [0.25, 0.3) is 0 Å². The minimum absolute atomic E-state index is 0. The molecule has 0 spiro atoms. The first-order valence-corrected chi connectivity index (χ1v) is 4.33. The van der Waals surface area contributed by atoms with Gasteiger partial charge < -0.3 is 10.4 Å². The molecule has 0 bridgehead atoms. The van der Waals surface area contributed by atoms with Gasteiger partial charge >= 0.3 is 5.97 Å². The fraction of sp³-hybridized carbons (Fsp3) is 0.300. The van der Waals surface area contributed by atoms with Crippen molar-refractivity contribution >= 4 is 5.97 Å². The van der Waals surface area contributed by atoms with Gasteiger partial charge in [0.1, 0.15) is 6.04 Å². The van der Waals surface area contributed by atoms with Gasteiger partial charge in [0.15, 0.2) is 0 Å². The van der Waals surface area contributed by atoms with Crippen molar-refractivity contribution in [3.05, 3.63) is 35.4 Å². The molecule has 1 aliphatic rings. The summed E-state index contributed by atoms with van der Waals surface area (Å²) in [6.07, 6.45) is 0.917. The van der Waals surface area contributed by atoms with Crippen molar-refractivity contribution < 1.29 is 47.6 Å². The summed E-state index contributed by atoms with van der Waals surface area (Å²) in [6.45, 7) is 0.744. The average Bonchev–Trinajstić information content (AvgIpc) is 2.17. The molecular weight excluding hydrogens is 206 g/mol. The van der Waals surface area contributed by atoms with Gasteiger partial charge in [-0.2, -0.15) is 0 Å². The minimum atomic E-state index is -0.799. The van der Waals surface area contributed by atoms with E-state index >= 15 is 0 Å². The zero-order valence-electron chi connectivity index (χ0n) is 7.51. The van der Waals surface area contributed by atoms with Crippen LogP contribution in [0.1, 0.15) is 17.2 Å². The van der Waals surface area contributed by atoms with Crippen LogP contribution in [0, 0.1) is 37.7 Å². The summed E-state index contributed by atoms with van der Waals surface area (Å²) >= 11 is 0. The van der Waals surface area contributed by atoms with E-state index in [0.717, 1.165) is 24.1 Å². The number of carbonyl (C=O) groups is 1. The van der Waals surface area contributed by atoms with Crippen molar-refractivity contribution in [2.75, 3.05) is 6.54 Å². The van der Waals surface area contributed by atoms with Gasteiger partial charge in [0.2, 0.25) is 0 Å². The maximum atomic E-state index is 10.9. The van der Waals surface area contributed by atoms with Crippen LogP contribution >= 0.6 is 0 Å². The number of hydrogen-bond donors (Lipinski definition) is 2. The van der Waals surface area contributed by atoms with E-state index in [9.17, 15) is 4.79 Å². The largest absolute Gasteiger partial charge is 0.480 e. The monoisotopic (exact) mass is 217 g/mol. The van der Waals surface area contributed by atoms with E-state index in [2.05, 4.69) is 5.32 Å². The zero-order valence-corrected chi connectivity index (χ0v) is 8.22. The summed E-state index contributed by atoms with van der Waals surface area (Å²) in [6, 6.07) is 7.17. The fourth-order valence-electron chi connectivity index (χ4n) is 1.72. The van der Waals surface area contributed by atoms with Gasteiger partial charge in [0.25, 0.3) is 0 Å². The van der Waals surface area contributed by atoms with E-state index in [4.69, 9.17) is 5.11 Å². The molecule has 0 saturated carbocycles. The predicted octanol–water partition coefficient (Wildman–Crippen LogP) is 0.958. The molecular formula is C10H11ArNO2. The van der Waals surface area contributed by atoms with E-state index in [1.54, 1.807) is 0 Å². The number of carboxylic acid groups (broad SMARTS) is 1.